The van der Waals surface area contributed by atoms with Gasteiger partial charge in [0.2, 0.25) is 0 Å². The van der Waals surface area contributed by atoms with Crippen LogP contribution in [-0.2, 0) is 9.53 Å². The fraction of sp³-hybridized carbons (Fsp3) is 0.158. The monoisotopic (exact) mass is 373 g/mol. The predicted octanol–water partition coefficient (Wildman–Crippen LogP) is 4.38. The Morgan fingerprint density at radius 3 is 2.77 bits per heavy atom. The summed E-state index contributed by atoms with van der Waals surface area (Å²) >= 11 is 5.95. The third kappa shape index (κ3) is 3.97. The first-order chi connectivity index (χ1) is 12.5. The molecule has 26 heavy (non-hydrogen) atoms. The Hall–Kier alpha value is -2.99. The van der Waals surface area contributed by atoms with Gasteiger partial charge in [-0.2, -0.15) is 4.98 Å². The maximum absolute atomic E-state index is 12.5. The van der Waals surface area contributed by atoms with E-state index < -0.39 is 11.8 Å². The van der Waals surface area contributed by atoms with Crippen LogP contribution < -0.4 is 9.47 Å². The van der Waals surface area contributed by atoms with Crippen molar-refractivity contribution < 1.29 is 23.4 Å². The molecule has 0 radical (unpaired) electrons. The average Bonchev–Trinajstić information content (AvgIpc) is 3.01. The number of oxazole rings is 1. The summed E-state index contributed by atoms with van der Waals surface area (Å²) in [6.45, 7) is 4.95. The van der Waals surface area contributed by atoms with Crippen LogP contribution >= 0.6 is 11.6 Å². The molecule has 3 rings (SSSR count). The van der Waals surface area contributed by atoms with Crippen LogP contribution in [0.15, 0.2) is 65.6 Å². The lowest BCUT2D eigenvalue weighted by atomic mass is 10.3. The Kier molecular flexibility index (Phi) is 5.14. The molecule has 0 fully saturated rings. The Morgan fingerprint density at radius 2 is 2.04 bits per heavy atom. The SMILES string of the molecule is C=CCOC(=O)C(C)(Oc1ccccc1)Oc1nc2cc(Cl)ccc2o1. The van der Waals surface area contributed by atoms with E-state index in [1.807, 2.05) is 6.07 Å². The molecule has 0 aliphatic rings. The van der Waals surface area contributed by atoms with E-state index in [4.69, 9.17) is 30.2 Å². The highest BCUT2D eigenvalue weighted by Gasteiger charge is 2.42. The van der Waals surface area contributed by atoms with Gasteiger partial charge in [-0.25, -0.2) is 4.79 Å². The molecule has 3 aromatic rings. The minimum atomic E-state index is -1.81. The zero-order valence-corrected chi connectivity index (χ0v) is 14.7. The first kappa shape index (κ1) is 17.8. The lowest BCUT2D eigenvalue weighted by Gasteiger charge is -2.26. The lowest BCUT2D eigenvalue weighted by Crippen LogP contribution is -2.48. The zero-order valence-electron chi connectivity index (χ0n) is 14.0. The van der Waals surface area contributed by atoms with E-state index >= 15 is 0 Å². The minimum absolute atomic E-state index is 0.0130. The van der Waals surface area contributed by atoms with Crippen LogP contribution in [0.2, 0.25) is 5.02 Å². The Labute approximate surface area is 154 Å². The lowest BCUT2D eigenvalue weighted by molar-refractivity contribution is -0.189. The number of fused-ring (bicyclic) bond motifs is 1. The number of ether oxygens (including phenoxy) is 3. The third-order valence-electron chi connectivity index (χ3n) is 3.37. The van der Waals surface area contributed by atoms with Crippen molar-refractivity contribution in [3.63, 3.8) is 0 Å². The van der Waals surface area contributed by atoms with Gasteiger partial charge in [0.05, 0.1) is 0 Å². The number of para-hydroxylation sites is 1. The van der Waals surface area contributed by atoms with Gasteiger partial charge in [-0.3, -0.25) is 0 Å². The van der Waals surface area contributed by atoms with Gasteiger partial charge < -0.3 is 18.6 Å². The molecular formula is C19H16ClNO5. The fourth-order valence-corrected chi connectivity index (χ4v) is 2.34. The molecule has 1 heterocycles. The van der Waals surface area contributed by atoms with E-state index in [-0.39, 0.29) is 12.7 Å². The summed E-state index contributed by atoms with van der Waals surface area (Å²) in [4.78, 5) is 16.7. The molecule has 134 valence electrons. The highest BCUT2D eigenvalue weighted by molar-refractivity contribution is 6.31. The molecule has 0 aliphatic carbocycles. The normalized spacial score (nSPS) is 13.0. The molecule has 2 aromatic carbocycles. The number of benzene rings is 2. The molecule has 0 saturated carbocycles. The number of aromatic nitrogens is 1. The summed E-state index contributed by atoms with van der Waals surface area (Å²) in [7, 11) is 0. The van der Waals surface area contributed by atoms with Crippen molar-refractivity contribution in [2.45, 2.75) is 12.7 Å². The molecule has 1 atom stereocenters. The van der Waals surface area contributed by atoms with Gasteiger partial charge in [-0.05, 0) is 30.3 Å². The summed E-state index contributed by atoms with van der Waals surface area (Å²) in [5.41, 5.74) is 0.958. The van der Waals surface area contributed by atoms with Crippen LogP contribution in [0.5, 0.6) is 11.8 Å². The molecule has 7 heteroatoms. The third-order valence-corrected chi connectivity index (χ3v) is 3.61. The van der Waals surface area contributed by atoms with Crippen molar-refractivity contribution >= 4 is 28.7 Å². The molecule has 0 saturated heterocycles. The average molecular weight is 374 g/mol. The van der Waals surface area contributed by atoms with Gasteiger partial charge in [0, 0.05) is 11.9 Å². The number of esters is 1. The van der Waals surface area contributed by atoms with E-state index in [0.717, 1.165) is 0 Å². The van der Waals surface area contributed by atoms with Crippen LogP contribution in [0.25, 0.3) is 11.1 Å². The first-order valence-corrected chi connectivity index (χ1v) is 8.15. The van der Waals surface area contributed by atoms with Crippen LogP contribution in [0.1, 0.15) is 6.92 Å². The van der Waals surface area contributed by atoms with Crippen molar-refractivity contribution in [1.82, 2.24) is 4.98 Å². The van der Waals surface area contributed by atoms with Crippen molar-refractivity contribution in [3.8, 4) is 11.8 Å². The standard InChI is InChI=1S/C19H16ClNO5/c1-3-11-23-17(22)19(2,25-14-7-5-4-6-8-14)26-18-21-15-12-13(20)9-10-16(15)24-18/h3-10,12H,1,11H2,2H3. The Morgan fingerprint density at radius 1 is 1.27 bits per heavy atom. The van der Waals surface area contributed by atoms with Gasteiger partial charge >= 0.3 is 17.8 Å². The maximum Gasteiger partial charge on any atom is 0.398 e. The van der Waals surface area contributed by atoms with Gasteiger partial charge in [0.15, 0.2) is 5.58 Å². The van der Waals surface area contributed by atoms with E-state index in [2.05, 4.69) is 11.6 Å². The summed E-state index contributed by atoms with van der Waals surface area (Å²) < 4.78 is 22.0. The largest absolute Gasteiger partial charge is 0.456 e. The molecule has 1 aromatic heterocycles. The van der Waals surface area contributed by atoms with Crippen LogP contribution in [0.4, 0.5) is 0 Å². The van der Waals surface area contributed by atoms with Gasteiger partial charge in [-0.15, -0.1) is 0 Å². The van der Waals surface area contributed by atoms with Crippen LogP contribution in [0, 0.1) is 0 Å². The second-order valence-electron chi connectivity index (χ2n) is 5.44. The molecule has 0 N–H and O–H groups in total. The molecule has 0 spiro atoms. The molecule has 1 unspecified atom stereocenters. The summed E-state index contributed by atoms with van der Waals surface area (Å²) in [6.07, 6.45) is 1.30. The molecule has 0 aliphatic heterocycles. The van der Waals surface area contributed by atoms with Gasteiger partial charge in [0.1, 0.15) is 17.9 Å². The molecule has 0 bridgehead atoms. The van der Waals surface area contributed by atoms with Gasteiger partial charge in [-0.1, -0.05) is 42.5 Å². The van der Waals surface area contributed by atoms with Crippen molar-refractivity contribution in [2.24, 2.45) is 0 Å². The Bertz CT molecular complexity index is 924. The maximum atomic E-state index is 12.5. The van der Waals surface area contributed by atoms with E-state index in [9.17, 15) is 4.79 Å². The topological polar surface area (TPSA) is 70.8 Å². The van der Waals surface area contributed by atoms with Gasteiger partial charge in [0.25, 0.3) is 0 Å². The number of hydrogen-bond acceptors (Lipinski definition) is 6. The summed E-state index contributed by atoms with van der Waals surface area (Å²) in [5, 5.41) is 0.506. The van der Waals surface area contributed by atoms with Crippen molar-refractivity contribution in [1.29, 1.82) is 0 Å². The van der Waals surface area contributed by atoms with Crippen molar-refractivity contribution in [2.75, 3.05) is 6.61 Å². The summed E-state index contributed by atoms with van der Waals surface area (Å²) in [6, 6.07) is 13.7. The number of halogens is 1. The number of carbonyl (C=O) groups excluding carboxylic acids is 1. The highest BCUT2D eigenvalue weighted by atomic mass is 35.5. The van der Waals surface area contributed by atoms with Crippen LogP contribution in [0.3, 0.4) is 0 Å². The minimum Gasteiger partial charge on any atom is -0.456 e. The van der Waals surface area contributed by atoms with E-state index in [1.165, 1.54) is 13.0 Å². The second kappa shape index (κ2) is 7.49. The summed E-state index contributed by atoms with van der Waals surface area (Å²) in [5.74, 6) is -2.14. The van der Waals surface area contributed by atoms with E-state index in [0.29, 0.717) is 21.9 Å². The fourth-order valence-electron chi connectivity index (χ4n) is 2.17. The smallest absolute Gasteiger partial charge is 0.398 e. The number of rotatable bonds is 7. The molecular weight excluding hydrogens is 358 g/mol. The number of carbonyl (C=O) groups is 1. The van der Waals surface area contributed by atoms with Crippen molar-refractivity contribution in [3.05, 3.63) is 66.2 Å². The molecule has 6 nitrogen and oxygen atoms in total. The number of hydrogen-bond donors (Lipinski definition) is 0. The first-order valence-electron chi connectivity index (χ1n) is 7.77. The second-order valence-corrected chi connectivity index (χ2v) is 5.88. The highest BCUT2D eigenvalue weighted by Crippen LogP contribution is 2.28. The predicted molar refractivity (Wildman–Crippen MR) is 96.3 cm³/mol. The zero-order chi connectivity index (χ0) is 18.6. The number of nitrogens with zero attached hydrogens (tertiary/aromatic N) is 1. The quantitative estimate of drug-likeness (QED) is 0.347. The Balaban J connectivity index is 1.90. The van der Waals surface area contributed by atoms with Crippen LogP contribution in [-0.4, -0.2) is 23.3 Å². The molecule has 0 amide bonds. The van der Waals surface area contributed by atoms with E-state index in [1.54, 1.807) is 42.5 Å².